The second-order valence-electron chi connectivity index (χ2n) is 4.71. The van der Waals surface area contributed by atoms with Crippen molar-refractivity contribution in [2.24, 2.45) is 0 Å². The van der Waals surface area contributed by atoms with Crippen LogP contribution in [0.3, 0.4) is 0 Å². The average Bonchev–Trinajstić information content (AvgIpc) is 2.76. The lowest BCUT2D eigenvalue weighted by Crippen LogP contribution is -2.13. The van der Waals surface area contributed by atoms with Crippen LogP contribution in [0.25, 0.3) is 11.3 Å². The molecule has 0 saturated carbocycles. The van der Waals surface area contributed by atoms with Gasteiger partial charge >= 0.3 is 0 Å². The van der Waals surface area contributed by atoms with Crippen molar-refractivity contribution in [2.45, 2.75) is 6.92 Å². The molecular weight excluding hydrogens is 264 g/mol. The van der Waals surface area contributed by atoms with Crippen molar-refractivity contribution < 1.29 is 4.74 Å². The van der Waals surface area contributed by atoms with Crippen molar-refractivity contribution in [3.05, 3.63) is 60.4 Å². The summed E-state index contributed by atoms with van der Waals surface area (Å²) in [6, 6.07) is 17.2. The van der Waals surface area contributed by atoms with E-state index in [1.54, 1.807) is 0 Å². The summed E-state index contributed by atoms with van der Waals surface area (Å²) in [7, 11) is 0. The van der Waals surface area contributed by atoms with E-state index in [1.165, 1.54) is 4.68 Å². The molecule has 0 fully saturated rings. The number of aryl methyl sites for hydroxylation is 1. The number of nitrogen functional groups attached to an aromatic ring is 2. The molecule has 0 atom stereocenters. The Balaban J connectivity index is 1.95. The molecule has 0 bridgehead atoms. The molecule has 1 aromatic heterocycles. The van der Waals surface area contributed by atoms with Crippen molar-refractivity contribution in [2.75, 3.05) is 11.6 Å². The second-order valence-corrected chi connectivity index (χ2v) is 4.71. The number of hydrogen-bond acceptors (Lipinski definition) is 4. The minimum atomic E-state index is 0.435. The van der Waals surface area contributed by atoms with Crippen LogP contribution < -0.4 is 16.3 Å². The van der Waals surface area contributed by atoms with E-state index in [0.717, 1.165) is 17.1 Å². The number of anilines is 1. The molecule has 3 aromatic rings. The van der Waals surface area contributed by atoms with Crippen LogP contribution in [0.2, 0.25) is 0 Å². The first-order valence-corrected chi connectivity index (χ1v) is 6.58. The summed E-state index contributed by atoms with van der Waals surface area (Å²) in [5, 5.41) is 0. The zero-order valence-corrected chi connectivity index (χ0v) is 11.7. The van der Waals surface area contributed by atoms with Gasteiger partial charge < -0.3 is 16.3 Å². The predicted octanol–water partition coefficient (Wildman–Crippen LogP) is 2.95. The fourth-order valence-electron chi connectivity index (χ4n) is 2.11. The predicted molar refractivity (Wildman–Crippen MR) is 83.5 cm³/mol. The van der Waals surface area contributed by atoms with E-state index >= 15 is 0 Å². The van der Waals surface area contributed by atoms with Crippen LogP contribution in [0.1, 0.15) is 5.82 Å². The topological polar surface area (TPSA) is 79.1 Å². The number of hydrogen-bond donors (Lipinski definition) is 2. The highest BCUT2D eigenvalue weighted by Crippen LogP contribution is 2.29. The molecule has 0 saturated heterocycles. The van der Waals surface area contributed by atoms with Crippen molar-refractivity contribution in [1.82, 2.24) is 9.66 Å². The number of ether oxygens (including phenoxy) is 1. The van der Waals surface area contributed by atoms with Gasteiger partial charge in [-0.1, -0.05) is 30.3 Å². The molecule has 21 heavy (non-hydrogen) atoms. The Kier molecular flexibility index (Phi) is 3.23. The van der Waals surface area contributed by atoms with Gasteiger partial charge in [0.05, 0.1) is 0 Å². The normalized spacial score (nSPS) is 10.5. The third kappa shape index (κ3) is 2.53. The zero-order valence-electron chi connectivity index (χ0n) is 11.7. The van der Waals surface area contributed by atoms with Gasteiger partial charge in [0.1, 0.15) is 23.0 Å². The SMILES string of the molecule is Cc1nc(-c2cccc(Oc3ccccc3)c2)c(N)n1N. The van der Waals surface area contributed by atoms with Crippen LogP contribution in [0, 0.1) is 6.92 Å². The summed E-state index contributed by atoms with van der Waals surface area (Å²) in [6.07, 6.45) is 0. The number of benzene rings is 2. The van der Waals surface area contributed by atoms with Gasteiger partial charge in [-0.25, -0.2) is 9.66 Å². The molecule has 5 heteroatoms. The maximum Gasteiger partial charge on any atom is 0.150 e. The van der Waals surface area contributed by atoms with Crippen molar-refractivity contribution in [1.29, 1.82) is 0 Å². The van der Waals surface area contributed by atoms with Gasteiger partial charge in [0, 0.05) is 5.56 Å². The van der Waals surface area contributed by atoms with Crippen LogP contribution in [-0.2, 0) is 0 Å². The molecule has 0 spiro atoms. The molecule has 2 aromatic carbocycles. The van der Waals surface area contributed by atoms with Gasteiger partial charge in [0.15, 0.2) is 5.82 Å². The number of rotatable bonds is 3. The van der Waals surface area contributed by atoms with Crippen LogP contribution in [0.15, 0.2) is 54.6 Å². The van der Waals surface area contributed by atoms with E-state index < -0.39 is 0 Å². The molecule has 0 aliphatic carbocycles. The van der Waals surface area contributed by atoms with Gasteiger partial charge in [-0.2, -0.15) is 0 Å². The van der Waals surface area contributed by atoms with E-state index in [1.807, 2.05) is 61.5 Å². The number of aromatic nitrogens is 2. The first-order chi connectivity index (χ1) is 10.1. The van der Waals surface area contributed by atoms with E-state index in [4.69, 9.17) is 16.3 Å². The monoisotopic (exact) mass is 280 g/mol. The van der Waals surface area contributed by atoms with Gasteiger partial charge in [-0.15, -0.1) is 0 Å². The number of para-hydroxylation sites is 1. The van der Waals surface area contributed by atoms with Crippen LogP contribution >= 0.6 is 0 Å². The van der Waals surface area contributed by atoms with E-state index in [2.05, 4.69) is 4.98 Å². The summed E-state index contributed by atoms with van der Waals surface area (Å²) in [4.78, 5) is 4.39. The molecule has 0 aliphatic rings. The molecular formula is C16H16N4O. The molecule has 3 rings (SSSR count). The molecule has 0 radical (unpaired) electrons. The fourth-order valence-corrected chi connectivity index (χ4v) is 2.11. The van der Waals surface area contributed by atoms with Gasteiger partial charge in [-0.05, 0) is 31.2 Å². The quantitative estimate of drug-likeness (QED) is 0.723. The highest BCUT2D eigenvalue weighted by atomic mass is 16.5. The molecule has 5 nitrogen and oxygen atoms in total. The Morgan fingerprint density at radius 2 is 1.71 bits per heavy atom. The minimum absolute atomic E-state index is 0.435. The maximum atomic E-state index is 5.97. The summed E-state index contributed by atoms with van der Waals surface area (Å²) in [6.45, 7) is 1.81. The third-order valence-corrected chi connectivity index (χ3v) is 3.21. The lowest BCUT2D eigenvalue weighted by molar-refractivity contribution is 0.483. The molecule has 0 amide bonds. The molecule has 1 heterocycles. The summed E-state index contributed by atoms with van der Waals surface area (Å²) in [5.41, 5.74) is 7.50. The Labute approximate surface area is 122 Å². The van der Waals surface area contributed by atoms with Crippen LogP contribution in [0.4, 0.5) is 5.82 Å². The van der Waals surface area contributed by atoms with E-state index in [0.29, 0.717) is 17.3 Å². The molecule has 0 aliphatic heterocycles. The summed E-state index contributed by atoms with van der Waals surface area (Å²) >= 11 is 0. The first-order valence-electron chi connectivity index (χ1n) is 6.58. The fraction of sp³-hybridized carbons (Fsp3) is 0.0625. The average molecular weight is 280 g/mol. The Morgan fingerprint density at radius 1 is 1.00 bits per heavy atom. The smallest absolute Gasteiger partial charge is 0.150 e. The zero-order chi connectivity index (χ0) is 14.8. The van der Waals surface area contributed by atoms with Crippen LogP contribution in [-0.4, -0.2) is 9.66 Å². The number of nitrogens with two attached hydrogens (primary N) is 2. The molecule has 4 N–H and O–H groups in total. The van der Waals surface area contributed by atoms with Crippen molar-refractivity contribution in [3.63, 3.8) is 0 Å². The van der Waals surface area contributed by atoms with Crippen molar-refractivity contribution >= 4 is 5.82 Å². The largest absolute Gasteiger partial charge is 0.457 e. The van der Waals surface area contributed by atoms with Gasteiger partial charge in [-0.3, -0.25) is 0 Å². The molecule has 106 valence electrons. The third-order valence-electron chi connectivity index (χ3n) is 3.21. The second kappa shape index (κ2) is 5.20. The Morgan fingerprint density at radius 3 is 2.38 bits per heavy atom. The lowest BCUT2D eigenvalue weighted by atomic mass is 10.1. The Hall–Kier alpha value is -2.95. The van der Waals surface area contributed by atoms with E-state index in [-0.39, 0.29) is 0 Å². The Bertz CT molecular complexity index is 765. The number of nitrogens with zero attached hydrogens (tertiary/aromatic N) is 2. The highest BCUT2D eigenvalue weighted by molar-refractivity contribution is 5.72. The standard InChI is InChI=1S/C16H16N4O/c1-11-19-15(16(17)20(11)18)12-6-5-9-14(10-12)21-13-7-3-2-4-8-13/h2-10H,17-18H2,1H3. The van der Waals surface area contributed by atoms with Crippen molar-refractivity contribution in [3.8, 4) is 22.8 Å². The lowest BCUT2D eigenvalue weighted by Gasteiger charge is -2.07. The maximum absolute atomic E-state index is 5.97. The first kappa shape index (κ1) is 13.1. The van der Waals surface area contributed by atoms with Gasteiger partial charge in [0.2, 0.25) is 0 Å². The van der Waals surface area contributed by atoms with Crippen LogP contribution in [0.5, 0.6) is 11.5 Å². The summed E-state index contributed by atoms with van der Waals surface area (Å²) in [5.74, 6) is 8.40. The van der Waals surface area contributed by atoms with E-state index in [9.17, 15) is 0 Å². The molecule has 0 unspecified atom stereocenters. The summed E-state index contributed by atoms with van der Waals surface area (Å²) < 4.78 is 7.19. The highest BCUT2D eigenvalue weighted by Gasteiger charge is 2.12. The van der Waals surface area contributed by atoms with Gasteiger partial charge in [0.25, 0.3) is 0 Å². The number of imidazole rings is 1. The minimum Gasteiger partial charge on any atom is -0.457 e.